The summed E-state index contributed by atoms with van der Waals surface area (Å²) in [6.45, 7) is 9.27. The van der Waals surface area contributed by atoms with Crippen LogP contribution < -0.4 is 15.4 Å². The molecule has 0 unspecified atom stereocenters. The molecule has 6 heteroatoms. The zero-order valence-corrected chi connectivity index (χ0v) is 16.9. The number of amides is 2. The van der Waals surface area contributed by atoms with Crippen LogP contribution in [0.4, 0.5) is 5.69 Å². The maximum atomic E-state index is 12.6. The summed E-state index contributed by atoms with van der Waals surface area (Å²) in [5.41, 5.74) is 0.989. The molecule has 0 aliphatic carbocycles. The summed E-state index contributed by atoms with van der Waals surface area (Å²) in [4.78, 5) is 25.1. The fourth-order valence-electron chi connectivity index (χ4n) is 2.46. The van der Waals surface area contributed by atoms with Crippen LogP contribution in [0.3, 0.4) is 0 Å². The molecule has 0 saturated heterocycles. The average molecular weight is 384 g/mol. The SMILES string of the molecule is CCOCCOc1ccc(C(=O)Nc2ccccc2C(=O)NC(C)(C)C)cc1. The molecule has 0 aliphatic heterocycles. The molecule has 0 fully saturated rings. The number of anilines is 1. The molecule has 150 valence electrons. The molecule has 2 N–H and O–H groups in total. The molecular weight excluding hydrogens is 356 g/mol. The van der Waals surface area contributed by atoms with E-state index >= 15 is 0 Å². The standard InChI is InChI=1S/C22H28N2O4/c1-5-27-14-15-28-17-12-10-16(11-13-17)20(25)23-19-9-7-6-8-18(19)21(26)24-22(2,3)4/h6-13H,5,14-15H2,1-4H3,(H,23,25)(H,24,26). The van der Waals surface area contributed by atoms with E-state index in [1.54, 1.807) is 48.5 Å². The van der Waals surface area contributed by atoms with E-state index in [1.807, 2.05) is 27.7 Å². The van der Waals surface area contributed by atoms with Crippen LogP contribution in [0.2, 0.25) is 0 Å². The zero-order chi connectivity index (χ0) is 20.6. The van der Waals surface area contributed by atoms with Gasteiger partial charge in [-0.25, -0.2) is 0 Å². The summed E-state index contributed by atoms with van der Waals surface area (Å²) in [7, 11) is 0. The average Bonchev–Trinajstić information content (AvgIpc) is 2.65. The van der Waals surface area contributed by atoms with Crippen molar-refractivity contribution < 1.29 is 19.1 Å². The fourth-order valence-corrected chi connectivity index (χ4v) is 2.46. The number of hydrogen-bond donors (Lipinski definition) is 2. The van der Waals surface area contributed by atoms with Crippen molar-refractivity contribution in [2.75, 3.05) is 25.1 Å². The quantitative estimate of drug-likeness (QED) is 0.677. The van der Waals surface area contributed by atoms with Gasteiger partial charge in [-0.2, -0.15) is 0 Å². The van der Waals surface area contributed by atoms with Gasteiger partial charge in [0.2, 0.25) is 0 Å². The van der Waals surface area contributed by atoms with E-state index in [1.165, 1.54) is 0 Å². The van der Waals surface area contributed by atoms with Crippen molar-refractivity contribution >= 4 is 17.5 Å². The fraction of sp³-hybridized carbons (Fsp3) is 0.364. The van der Waals surface area contributed by atoms with Gasteiger partial charge in [0, 0.05) is 17.7 Å². The highest BCUT2D eigenvalue weighted by atomic mass is 16.5. The Hall–Kier alpha value is -2.86. The van der Waals surface area contributed by atoms with Crippen LogP contribution in [-0.4, -0.2) is 37.2 Å². The predicted octanol–water partition coefficient (Wildman–Crippen LogP) is 3.88. The smallest absolute Gasteiger partial charge is 0.255 e. The molecule has 2 rings (SSSR count). The first-order chi connectivity index (χ1) is 13.3. The molecule has 2 aromatic rings. The van der Waals surface area contributed by atoms with Crippen molar-refractivity contribution in [2.45, 2.75) is 33.2 Å². The highest BCUT2D eigenvalue weighted by Gasteiger charge is 2.19. The van der Waals surface area contributed by atoms with Gasteiger partial charge in [-0.15, -0.1) is 0 Å². The Kier molecular flexibility index (Phi) is 7.58. The molecule has 2 amide bonds. The van der Waals surface area contributed by atoms with E-state index in [0.717, 1.165) is 0 Å². The Bertz CT molecular complexity index is 795. The summed E-state index contributed by atoms with van der Waals surface area (Å²) >= 11 is 0. The molecule has 0 saturated carbocycles. The first-order valence-corrected chi connectivity index (χ1v) is 9.33. The second kappa shape index (κ2) is 9.90. The highest BCUT2D eigenvalue weighted by molar-refractivity contribution is 6.09. The maximum absolute atomic E-state index is 12.6. The number of nitrogens with one attached hydrogen (secondary N) is 2. The van der Waals surface area contributed by atoms with Crippen LogP contribution in [-0.2, 0) is 4.74 Å². The number of ether oxygens (including phenoxy) is 2. The van der Waals surface area contributed by atoms with Crippen LogP contribution in [0, 0.1) is 0 Å². The molecule has 0 atom stereocenters. The van der Waals surface area contributed by atoms with Crippen LogP contribution in [0.1, 0.15) is 48.4 Å². The van der Waals surface area contributed by atoms with E-state index in [9.17, 15) is 9.59 Å². The predicted molar refractivity (Wildman–Crippen MR) is 110 cm³/mol. The summed E-state index contributed by atoms with van der Waals surface area (Å²) in [5.74, 6) is 0.138. The molecule has 6 nitrogen and oxygen atoms in total. The van der Waals surface area contributed by atoms with Crippen LogP contribution in [0.15, 0.2) is 48.5 Å². The lowest BCUT2D eigenvalue weighted by atomic mass is 10.1. The van der Waals surface area contributed by atoms with Gasteiger partial charge in [0.25, 0.3) is 11.8 Å². The van der Waals surface area contributed by atoms with Crippen molar-refractivity contribution in [1.82, 2.24) is 5.32 Å². The second-order valence-electron chi connectivity index (χ2n) is 7.27. The number of hydrogen-bond acceptors (Lipinski definition) is 4. The van der Waals surface area contributed by atoms with Crippen molar-refractivity contribution in [3.8, 4) is 5.75 Å². The van der Waals surface area contributed by atoms with Crippen molar-refractivity contribution in [3.63, 3.8) is 0 Å². The largest absolute Gasteiger partial charge is 0.491 e. The summed E-state index contributed by atoms with van der Waals surface area (Å²) < 4.78 is 10.8. The normalized spacial score (nSPS) is 11.0. The molecule has 0 heterocycles. The monoisotopic (exact) mass is 384 g/mol. The van der Waals surface area contributed by atoms with Crippen LogP contribution in [0.25, 0.3) is 0 Å². The molecule has 28 heavy (non-hydrogen) atoms. The Morgan fingerprint density at radius 3 is 2.25 bits per heavy atom. The molecule has 0 radical (unpaired) electrons. The minimum atomic E-state index is -0.369. The summed E-state index contributed by atoms with van der Waals surface area (Å²) in [6.07, 6.45) is 0. The molecule has 0 aromatic heterocycles. The lowest BCUT2D eigenvalue weighted by Crippen LogP contribution is -2.40. The van der Waals surface area contributed by atoms with E-state index in [-0.39, 0.29) is 17.4 Å². The van der Waals surface area contributed by atoms with Gasteiger partial charge in [0.15, 0.2) is 0 Å². The lowest BCUT2D eigenvalue weighted by molar-refractivity contribution is 0.0920. The third kappa shape index (κ3) is 6.70. The number of carbonyl (C=O) groups is 2. The minimum absolute atomic E-state index is 0.235. The zero-order valence-electron chi connectivity index (χ0n) is 16.9. The molecular formula is C22H28N2O4. The first kappa shape index (κ1) is 21.4. The van der Waals surface area contributed by atoms with Crippen molar-refractivity contribution in [1.29, 1.82) is 0 Å². The molecule has 0 aliphatic rings. The highest BCUT2D eigenvalue weighted by Crippen LogP contribution is 2.18. The van der Waals surface area contributed by atoms with Gasteiger partial charge in [0.1, 0.15) is 12.4 Å². The topological polar surface area (TPSA) is 76.7 Å². The second-order valence-corrected chi connectivity index (χ2v) is 7.27. The van der Waals surface area contributed by atoms with Crippen molar-refractivity contribution in [2.24, 2.45) is 0 Å². The van der Waals surface area contributed by atoms with Crippen LogP contribution in [0.5, 0.6) is 5.75 Å². The van der Waals surface area contributed by atoms with E-state index in [2.05, 4.69) is 10.6 Å². The van der Waals surface area contributed by atoms with Gasteiger partial charge in [0.05, 0.1) is 17.9 Å². The third-order valence-corrected chi connectivity index (χ3v) is 3.73. The Morgan fingerprint density at radius 2 is 1.61 bits per heavy atom. The molecule has 0 bridgehead atoms. The Morgan fingerprint density at radius 1 is 0.929 bits per heavy atom. The molecule has 0 spiro atoms. The van der Waals surface area contributed by atoms with Gasteiger partial charge < -0.3 is 20.1 Å². The Labute approximate surface area is 166 Å². The van der Waals surface area contributed by atoms with Crippen LogP contribution >= 0.6 is 0 Å². The summed E-state index contributed by atoms with van der Waals surface area (Å²) in [6, 6.07) is 13.8. The number of rotatable bonds is 8. The van der Waals surface area contributed by atoms with Gasteiger partial charge in [-0.3, -0.25) is 9.59 Å². The molecule has 2 aromatic carbocycles. The van der Waals surface area contributed by atoms with Gasteiger partial charge in [-0.1, -0.05) is 12.1 Å². The Balaban J connectivity index is 2.04. The van der Waals surface area contributed by atoms with Crippen molar-refractivity contribution in [3.05, 3.63) is 59.7 Å². The maximum Gasteiger partial charge on any atom is 0.255 e. The van der Waals surface area contributed by atoms with Gasteiger partial charge >= 0.3 is 0 Å². The minimum Gasteiger partial charge on any atom is -0.491 e. The lowest BCUT2D eigenvalue weighted by Gasteiger charge is -2.21. The van der Waals surface area contributed by atoms with E-state index in [4.69, 9.17) is 9.47 Å². The number of benzene rings is 2. The van der Waals surface area contributed by atoms with Gasteiger partial charge in [-0.05, 0) is 64.1 Å². The van der Waals surface area contributed by atoms with E-state index < -0.39 is 0 Å². The summed E-state index contributed by atoms with van der Waals surface area (Å²) in [5, 5.41) is 5.72. The number of carbonyl (C=O) groups excluding carboxylic acids is 2. The first-order valence-electron chi connectivity index (χ1n) is 9.33. The number of para-hydroxylation sites is 1. The van der Waals surface area contributed by atoms with E-state index in [0.29, 0.717) is 42.4 Å². The third-order valence-electron chi connectivity index (χ3n) is 3.73.